The van der Waals surface area contributed by atoms with Crippen LogP contribution >= 0.6 is 0 Å². The summed E-state index contributed by atoms with van der Waals surface area (Å²) >= 11 is 0. The lowest BCUT2D eigenvalue weighted by Crippen LogP contribution is -2.38. The highest BCUT2D eigenvalue weighted by molar-refractivity contribution is 5.79. The highest BCUT2D eigenvalue weighted by Crippen LogP contribution is 2.31. The number of hydrogen-bond acceptors (Lipinski definition) is 2. The molecule has 2 aromatic rings. The van der Waals surface area contributed by atoms with Crippen LogP contribution in [0.5, 0.6) is 0 Å². The predicted molar refractivity (Wildman–Crippen MR) is 103 cm³/mol. The number of carbonyl (C=O) groups is 2. The Bertz CT molecular complexity index is 961. The van der Waals surface area contributed by atoms with Gasteiger partial charge in [0.15, 0.2) is 0 Å². The van der Waals surface area contributed by atoms with Gasteiger partial charge in [0.05, 0.1) is 11.6 Å². The highest BCUT2D eigenvalue weighted by atomic mass is 19.4. The van der Waals surface area contributed by atoms with Crippen molar-refractivity contribution in [2.24, 2.45) is 0 Å². The van der Waals surface area contributed by atoms with E-state index in [4.69, 9.17) is 0 Å². The zero-order chi connectivity index (χ0) is 22.6. The van der Waals surface area contributed by atoms with Crippen LogP contribution in [0.3, 0.4) is 0 Å². The molecule has 31 heavy (non-hydrogen) atoms. The first kappa shape index (κ1) is 22.7. The maximum atomic E-state index is 13.8. The summed E-state index contributed by atoms with van der Waals surface area (Å²) in [7, 11) is 0. The topological polar surface area (TPSA) is 49.4 Å². The molecule has 4 nitrogen and oxygen atoms in total. The van der Waals surface area contributed by atoms with Gasteiger partial charge in [0.25, 0.3) is 0 Å². The van der Waals surface area contributed by atoms with Gasteiger partial charge in [-0.2, -0.15) is 13.2 Å². The molecule has 2 aromatic carbocycles. The molecule has 1 fully saturated rings. The largest absolute Gasteiger partial charge is 0.416 e. The monoisotopic (exact) mass is 440 g/mol. The summed E-state index contributed by atoms with van der Waals surface area (Å²) in [4.78, 5) is 26.0. The van der Waals surface area contributed by atoms with E-state index >= 15 is 0 Å². The second-order valence-corrected chi connectivity index (χ2v) is 7.42. The number of nitrogens with one attached hydrogen (secondary N) is 1. The third-order valence-corrected chi connectivity index (χ3v) is 5.16. The summed E-state index contributed by atoms with van der Waals surface area (Å²) < 4.78 is 66.4. The molecule has 2 amide bonds. The number of nitrogens with zero attached hydrogens (tertiary/aromatic N) is 1. The molecular formula is C22H21F5N2O2. The average molecular weight is 440 g/mol. The maximum Gasteiger partial charge on any atom is 0.416 e. The van der Waals surface area contributed by atoms with Crippen molar-refractivity contribution in [3.05, 3.63) is 70.8 Å². The van der Waals surface area contributed by atoms with Crippen molar-refractivity contribution in [2.45, 2.75) is 37.9 Å². The molecular weight excluding hydrogens is 419 g/mol. The highest BCUT2D eigenvalue weighted by Gasteiger charge is 2.32. The van der Waals surface area contributed by atoms with Gasteiger partial charge in [-0.1, -0.05) is 12.1 Å². The number of amides is 2. The second-order valence-electron chi connectivity index (χ2n) is 7.42. The van der Waals surface area contributed by atoms with Crippen LogP contribution in [0.2, 0.25) is 0 Å². The van der Waals surface area contributed by atoms with Crippen LogP contribution in [0.4, 0.5) is 22.0 Å². The number of halogens is 5. The van der Waals surface area contributed by atoms with Crippen molar-refractivity contribution >= 4 is 11.8 Å². The van der Waals surface area contributed by atoms with Crippen molar-refractivity contribution in [3.63, 3.8) is 0 Å². The Hall–Kier alpha value is -2.97. The first-order chi connectivity index (χ1) is 14.6. The Morgan fingerprint density at radius 3 is 2.58 bits per heavy atom. The molecule has 3 rings (SSSR count). The van der Waals surface area contributed by atoms with Crippen LogP contribution in [0.1, 0.15) is 42.0 Å². The molecule has 1 N–H and O–H groups in total. The average Bonchev–Trinajstić information content (AvgIpc) is 3.12. The molecule has 0 radical (unpaired) electrons. The van der Waals surface area contributed by atoms with Gasteiger partial charge in [-0.15, -0.1) is 0 Å². The minimum absolute atomic E-state index is 0.0280. The molecule has 9 heteroatoms. The first-order valence-corrected chi connectivity index (χ1v) is 9.81. The third kappa shape index (κ3) is 6.02. The number of aryl methyl sites for hydroxylation is 1. The van der Waals surface area contributed by atoms with E-state index in [-0.39, 0.29) is 36.4 Å². The Labute approximate surface area is 176 Å². The number of hydrogen-bond donors (Lipinski definition) is 1. The van der Waals surface area contributed by atoms with Crippen molar-refractivity contribution in [2.75, 3.05) is 13.1 Å². The van der Waals surface area contributed by atoms with E-state index in [1.165, 1.54) is 17.0 Å². The molecule has 1 aliphatic rings. The predicted octanol–water partition coefficient (Wildman–Crippen LogP) is 4.40. The second kappa shape index (κ2) is 9.45. The summed E-state index contributed by atoms with van der Waals surface area (Å²) in [5, 5.41) is 2.65. The summed E-state index contributed by atoms with van der Waals surface area (Å²) in [5.74, 6) is -1.96. The standard InChI is InChI=1S/C22H21F5N2O2/c23-17-7-8-18(24)14(12-17)6-9-20(30)28-19(13-29-10-2-5-21(29)31)15-3-1-4-16(11-15)22(25,26)27/h1,3-4,7-8,11-12,19H,2,5-6,9-10,13H2,(H,28,30). The number of benzene rings is 2. The molecule has 0 aromatic heterocycles. The fraction of sp³-hybridized carbons (Fsp3) is 0.364. The molecule has 0 bridgehead atoms. The van der Waals surface area contributed by atoms with Gasteiger partial charge in [0, 0.05) is 25.9 Å². The van der Waals surface area contributed by atoms with Gasteiger partial charge in [-0.3, -0.25) is 9.59 Å². The van der Waals surface area contributed by atoms with Gasteiger partial charge in [0.1, 0.15) is 11.6 Å². The smallest absolute Gasteiger partial charge is 0.347 e. The van der Waals surface area contributed by atoms with Crippen LogP contribution in [-0.2, 0) is 22.2 Å². The zero-order valence-electron chi connectivity index (χ0n) is 16.5. The molecule has 1 atom stereocenters. The van der Waals surface area contributed by atoms with Crippen LogP contribution in [-0.4, -0.2) is 29.8 Å². The van der Waals surface area contributed by atoms with Crippen molar-refractivity contribution < 1.29 is 31.5 Å². The number of rotatable bonds is 7. The van der Waals surface area contributed by atoms with Crippen LogP contribution in [0.25, 0.3) is 0 Å². The van der Waals surface area contributed by atoms with E-state index < -0.39 is 35.3 Å². The molecule has 1 unspecified atom stereocenters. The Morgan fingerprint density at radius 2 is 1.90 bits per heavy atom. The number of carbonyl (C=O) groups excluding carboxylic acids is 2. The summed E-state index contributed by atoms with van der Waals surface area (Å²) in [6.45, 7) is 0.485. The van der Waals surface area contributed by atoms with Gasteiger partial charge in [-0.05, 0) is 54.3 Å². The van der Waals surface area contributed by atoms with Crippen LogP contribution in [0.15, 0.2) is 42.5 Å². The maximum absolute atomic E-state index is 13.8. The fourth-order valence-electron chi connectivity index (χ4n) is 3.53. The minimum atomic E-state index is -4.55. The van der Waals surface area contributed by atoms with E-state index in [0.717, 1.165) is 30.3 Å². The SMILES string of the molecule is O=C(CCc1cc(F)ccc1F)NC(CN1CCCC1=O)c1cccc(C(F)(F)F)c1. The Balaban J connectivity index is 1.75. The quantitative estimate of drug-likeness (QED) is 0.649. The Kier molecular flexibility index (Phi) is 6.92. The lowest BCUT2D eigenvalue weighted by Gasteiger charge is -2.26. The summed E-state index contributed by atoms with van der Waals surface area (Å²) in [6.07, 6.45) is -3.83. The van der Waals surface area contributed by atoms with Crippen molar-refractivity contribution in [1.29, 1.82) is 0 Å². The molecule has 166 valence electrons. The zero-order valence-corrected chi connectivity index (χ0v) is 16.5. The molecule has 1 saturated heterocycles. The van der Waals surface area contributed by atoms with Gasteiger partial charge in [0.2, 0.25) is 11.8 Å². The molecule has 1 aliphatic heterocycles. The Morgan fingerprint density at radius 1 is 1.13 bits per heavy atom. The lowest BCUT2D eigenvalue weighted by molar-refractivity contribution is -0.137. The molecule has 0 aliphatic carbocycles. The summed E-state index contributed by atoms with van der Waals surface area (Å²) in [6, 6.07) is 6.62. The van der Waals surface area contributed by atoms with Gasteiger partial charge < -0.3 is 10.2 Å². The van der Waals surface area contributed by atoms with Crippen molar-refractivity contribution in [1.82, 2.24) is 10.2 Å². The molecule has 0 saturated carbocycles. The van der Waals surface area contributed by atoms with E-state index in [1.807, 2.05) is 0 Å². The lowest BCUT2D eigenvalue weighted by atomic mass is 10.0. The van der Waals surface area contributed by atoms with Gasteiger partial charge in [-0.25, -0.2) is 8.78 Å². The third-order valence-electron chi connectivity index (χ3n) is 5.16. The fourth-order valence-corrected chi connectivity index (χ4v) is 3.53. The van der Waals surface area contributed by atoms with Crippen LogP contribution in [0, 0.1) is 11.6 Å². The van der Waals surface area contributed by atoms with Gasteiger partial charge >= 0.3 is 6.18 Å². The number of alkyl halides is 3. The molecule has 0 spiro atoms. The van der Waals surface area contributed by atoms with E-state index in [0.29, 0.717) is 19.4 Å². The number of likely N-dealkylation sites (tertiary alicyclic amines) is 1. The minimum Gasteiger partial charge on any atom is -0.347 e. The van der Waals surface area contributed by atoms with E-state index in [9.17, 15) is 31.5 Å². The first-order valence-electron chi connectivity index (χ1n) is 9.81. The van der Waals surface area contributed by atoms with Crippen LogP contribution < -0.4 is 5.32 Å². The van der Waals surface area contributed by atoms with E-state index in [2.05, 4.69) is 5.32 Å². The summed E-state index contributed by atoms with van der Waals surface area (Å²) in [5.41, 5.74) is -0.626. The van der Waals surface area contributed by atoms with E-state index in [1.54, 1.807) is 0 Å². The molecule has 1 heterocycles. The van der Waals surface area contributed by atoms with Crippen molar-refractivity contribution in [3.8, 4) is 0 Å². The normalized spacial score (nSPS) is 15.3.